The molecule has 0 aliphatic carbocycles. The van der Waals surface area contributed by atoms with Gasteiger partial charge in [0.15, 0.2) is 8.38 Å². The van der Waals surface area contributed by atoms with Gasteiger partial charge in [-0.3, -0.25) is 0 Å². The van der Waals surface area contributed by atoms with Gasteiger partial charge < -0.3 is 15.5 Å². The molecule has 0 amide bonds. The zero-order valence-corrected chi connectivity index (χ0v) is 7.48. The molecule has 4 heteroatoms. The Morgan fingerprint density at radius 2 is 1.83 bits per heavy atom. The fourth-order valence-corrected chi connectivity index (χ4v) is 1.31. The molecule has 66 valence electrons. The molecule has 0 spiro atoms. The number of hydrogen-bond donors (Lipinski definition) is 3. The van der Waals surface area contributed by atoms with E-state index >= 15 is 0 Å². The van der Waals surface area contributed by atoms with E-state index in [1.54, 1.807) is 0 Å². The van der Waals surface area contributed by atoms with Crippen molar-refractivity contribution >= 4 is 8.38 Å². The molecule has 1 unspecified atom stereocenters. The molecule has 0 fully saturated rings. The Morgan fingerprint density at radius 3 is 2.33 bits per heavy atom. The SMILES string of the molecule is NC(Cc1ccccc1)P(O)O. The maximum Gasteiger partial charge on any atom is 0.183 e. The normalized spacial score (nSPS) is 13.3. The Labute approximate surface area is 72.8 Å². The highest BCUT2D eigenvalue weighted by atomic mass is 31.2. The molecule has 1 aromatic carbocycles. The highest BCUT2D eigenvalue weighted by Crippen LogP contribution is 2.29. The van der Waals surface area contributed by atoms with Gasteiger partial charge in [-0.25, -0.2) is 0 Å². The molecule has 0 saturated heterocycles. The van der Waals surface area contributed by atoms with E-state index in [1.807, 2.05) is 30.3 Å². The Bertz CT molecular complexity index is 228. The lowest BCUT2D eigenvalue weighted by Gasteiger charge is -2.11. The summed E-state index contributed by atoms with van der Waals surface area (Å²) in [7, 11) is -2.01. The average molecular weight is 185 g/mol. The van der Waals surface area contributed by atoms with Gasteiger partial charge in [-0.15, -0.1) is 0 Å². The van der Waals surface area contributed by atoms with Crippen molar-refractivity contribution in [1.82, 2.24) is 0 Å². The van der Waals surface area contributed by atoms with Gasteiger partial charge >= 0.3 is 0 Å². The second kappa shape index (κ2) is 4.53. The van der Waals surface area contributed by atoms with Crippen LogP contribution in [0, 0.1) is 0 Å². The van der Waals surface area contributed by atoms with E-state index in [4.69, 9.17) is 15.5 Å². The Morgan fingerprint density at radius 1 is 1.25 bits per heavy atom. The summed E-state index contributed by atoms with van der Waals surface area (Å²) in [4.78, 5) is 17.6. The van der Waals surface area contributed by atoms with Gasteiger partial charge in [-0.1, -0.05) is 30.3 Å². The topological polar surface area (TPSA) is 66.5 Å². The summed E-state index contributed by atoms with van der Waals surface area (Å²) in [5.41, 5.74) is 6.51. The minimum Gasteiger partial charge on any atom is -0.349 e. The van der Waals surface area contributed by atoms with Crippen molar-refractivity contribution in [2.75, 3.05) is 0 Å². The molecule has 4 N–H and O–H groups in total. The lowest BCUT2D eigenvalue weighted by molar-refractivity contribution is 0.464. The summed E-state index contributed by atoms with van der Waals surface area (Å²) in [6, 6.07) is 9.55. The second-order valence-electron chi connectivity index (χ2n) is 2.58. The molecule has 1 aromatic rings. The van der Waals surface area contributed by atoms with Crippen LogP contribution in [-0.4, -0.2) is 15.6 Å². The van der Waals surface area contributed by atoms with Crippen LogP contribution in [0.15, 0.2) is 30.3 Å². The van der Waals surface area contributed by atoms with Gasteiger partial charge in [-0.05, 0) is 12.0 Å². The van der Waals surface area contributed by atoms with Gasteiger partial charge in [-0.2, -0.15) is 0 Å². The van der Waals surface area contributed by atoms with Crippen molar-refractivity contribution < 1.29 is 9.79 Å². The van der Waals surface area contributed by atoms with E-state index in [-0.39, 0.29) is 0 Å². The van der Waals surface area contributed by atoms with Gasteiger partial charge in [0, 0.05) is 0 Å². The van der Waals surface area contributed by atoms with Crippen LogP contribution in [0.5, 0.6) is 0 Å². The van der Waals surface area contributed by atoms with Crippen LogP contribution in [0.1, 0.15) is 5.56 Å². The highest BCUT2D eigenvalue weighted by Gasteiger charge is 2.11. The van der Waals surface area contributed by atoms with Gasteiger partial charge in [0.1, 0.15) is 0 Å². The van der Waals surface area contributed by atoms with Crippen molar-refractivity contribution in [3.8, 4) is 0 Å². The zero-order valence-electron chi connectivity index (χ0n) is 6.59. The summed E-state index contributed by atoms with van der Waals surface area (Å²) in [5.74, 6) is -0.539. The Balaban J connectivity index is 2.53. The monoisotopic (exact) mass is 185 g/mol. The lowest BCUT2D eigenvalue weighted by Crippen LogP contribution is -2.20. The van der Waals surface area contributed by atoms with Crippen LogP contribution in [0.3, 0.4) is 0 Å². The minimum atomic E-state index is -2.01. The maximum absolute atomic E-state index is 8.78. The van der Waals surface area contributed by atoms with Crippen LogP contribution >= 0.6 is 8.38 Å². The number of hydrogen-bond acceptors (Lipinski definition) is 3. The fraction of sp³-hybridized carbons (Fsp3) is 0.250. The van der Waals surface area contributed by atoms with E-state index in [0.717, 1.165) is 5.56 Å². The van der Waals surface area contributed by atoms with Crippen molar-refractivity contribution in [2.45, 2.75) is 12.2 Å². The first-order chi connectivity index (χ1) is 5.70. The summed E-state index contributed by atoms with van der Waals surface area (Å²) in [6.07, 6.45) is 0.513. The third-order valence-corrected chi connectivity index (χ3v) is 2.36. The van der Waals surface area contributed by atoms with E-state index in [1.165, 1.54) is 0 Å². The zero-order chi connectivity index (χ0) is 8.97. The molecular formula is C8H12NO2P. The molecule has 0 radical (unpaired) electrons. The van der Waals surface area contributed by atoms with Crippen molar-refractivity contribution in [3.05, 3.63) is 35.9 Å². The second-order valence-corrected chi connectivity index (χ2v) is 3.88. The van der Waals surface area contributed by atoms with Crippen LogP contribution in [-0.2, 0) is 6.42 Å². The third kappa shape index (κ3) is 2.88. The Hall–Kier alpha value is -0.470. The number of nitrogens with two attached hydrogens (primary N) is 1. The molecule has 0 saturated carbocycles. The molecule has 0 aliphatic heterocycles. The fourth-order valence-electron chi connectivity index (χ4n) is 0.937. The highest BCUT2D eigenvalue weighted by molar-refractivity contribution is 7.45. The first-order valence-electron chi connectivity index (χ1n) is 3.66. The van der Waals surface area contributed by atoms with Gasteiger partial charge in [0.2, 0.25) is 0 Å². The van der Waals surface area contributed by atoms with Crippen molar-refractivity contribution in [3.63, 3.8) is 0 Å². The van der Waals surface area contributed by atoms with E-state index in [2.05, 4.69) is 0 Å². The summed E-state index contributed by atoms with van der Waals surface area (Å²) >= 11 is 0. The van der Waals surface area contributed by atoms with E-state index in [9.17, 15) is 0 Å². The van der Waals surface area contributed by atoms with Gasteiger partial charge in [0.05, 0.1) is 5.78 Å². The molecular weight excluding hydrogens is 173 g/mol. The largest absolute Gasteiger partial charge is 0.349 e. The average Bonchev–Trinajstić information content (AvgIpc) is 2.06. The van der Waals surface area contributed by atoms with Crippen LogP contribution < -0.4 is 5.73 Å². The minimum absolute atomic E-state index is 0.513. The molecule has 12 heavy (non-hydrogen) atoms. The third-order valence-electron chi connectivity index (χ3n) is 1.58. The molecule has 0 aliphatic rings. The van der Waals surface area contributed by atoms with Crippen LogP contribution in [0.4, 0.5) is 0 Å². The maximum atomic E-state index is 8.78. The van der Waals surface area contributed by atoms with E-state index in [0.29, 0.717) is 6.42 Å². The van der Waals surface area contributed by atoms with Crippen molar-refractivity contribution in [1.29, 1.82) is 0 Å². The number of benzene rings is 1. The smallest absolute Gasteiger partial charge is 0.183 e. The van der Waals surface area contributed by atoms with Crippen LogP contribution in [0.25, 0.3) is 0 Å². The quantitative estimate of drug-likeness (QED) is 0.610. The summed E-state index contributed by atoms with van der Waals surface area (Å²) in [5, 5.41) is 0. The molecule has 3 nitrogen and oxygen atoms in total. The standard InChI is InChI=1S/C8H12NO2P/c9-8(12(10)11)6-7-4-2-1-3-5-7/h1-5,8,10-11H,6,9H2. The van der Waals surface area contributed by atoms with Crippen molar-refractivity contribution in [2.24, 2.45) is 5.73 Å². The first-order valence-corrected chi connectivity index (χ1v) is 4.98. The number of rotatable bonds is 3. The molecule has 1 atom stereocenters. The van der Waals surface area contributed by atoms with E-state index < -0.39 is 14.2 Å². The molecule has 0 aromatic heterocycles. The van der Waals surface area contributed by atoms with Crippen LogP contribution in [0.2, 0.25) is 0 Å². The summed E-state index contributed by atoms with van der Waals surface area (Å²) < 4.78 is 0. The predicted octanol–water partition coefficient (Wildman–Crippen LogP) is 0.810. The molecule has 0 heterocycles. The van der Waals surface area contributed by atoms with Gasteiger partial charge in [0.25, 0.3) is 0 Å². The lowest BCUT2D eigenvalue weighted by atomic mass is 10.2. The first kappa shape index (κ1) is 9.62. The summed E-state index contributed by atoms with van der Waals surface area (Å²) in [6.45, 7) is 0. The Kier molecular flexibility index (Phi) is 3.63. The molecule has 0 bridgehead atoms. The predicted molar refractivity (Wildman–Crippen MR) is 49.5 cm³/mol. The molecule has 1 rings (SSSR count).